The fourth-order valence-corrected chi connectivity index (χ4v) is 5.43. The van der Waals surface area contributed by atoms with Gasteiger partial charge in [0.05, 0.1) is 23.4 Å². The number of carbonyl (C=O) groups excluding carboxylic acids is 3. The van der Waals surface area contributed by atoms with Crippen molar-refractivity contribution in [3.63, 3.8) is 0 Å². The molecule has 1 unspecified atom stereocenters. The number of amides is 3. The number of benzene rings is 2. The SMILES string of the molecule is NS(=O)(=O)c1ccc(N2C(=O)CC(N(C(=O)Cc3ccccc3)C3CCCCCC3)C2=O)cc1. The monoisotopic (exact) mass is 483 g/mol. The molecule has 180 valence electrons. The molecule has 0 bridgehead atoms. The second-order valence-electron chi connectivity index (χ2n) is 8.93. The highest BCUT2D eigenvalue weighted by Gasteiger charge is 2.46. The van der Waals surface area contributed by atoms with E-state index >= 15 is 0 Å². The van der Waals surface area contributed by atoms with Gasteiger partial charge in [-0.2, -0.15) is 0 Å². The summed E-state index contributed by atoms with van der Waals surface area (Å²) in [5, 5.41) is 5.15. The van der Waals surface area contributed by atoms with Gasteiger partial charge in [-0.05, 0) is 42.7 Å². The van der Waals surface area contributed by atoms with E-state index in [0.717, 1.165) is 49.0 Å². The van der Waals surface area contributed by atoms with Crippen LogP contribution in [-0.2, 0) is 30.8 Å². The van der Waals surface area contributed by atoms with Crippen LogP contribution in [0.2, 0.25) is 0 Å². The molecule has 2 aliphatic rings. The normalized spacial score (nSPS) is 19.8. The molecule has 0 aromatic heterocycles. The summed E-state index contributed by atoms with van der Waals surface area (Å²) >= 11 is 0. The first-order valence-corrected chi connectivity index (χ1v) is 13.1. The van der Waals surface area contributed by atoms with Gasteiger partial charge in [0.2, 0.25) is 21.8 Å². The van der Waals surface area contributed by atoms with Gasteiger partial charge in [-0.25, -0.2) is 18.5 Å². The Morgan fingerprint density at radius 3 is 2.15 bits per heavy atom. The summed E-state index contributed by atoms with van der Waals surface area (Å²) < 4.78 is 23.1. The fourth-order valence-electron chi connectivity index (χ4n) is 4.92. The maximum atomic E-state index is 13.5. The molecule has 1 atom stereocenters. The van der Waals surface area contributed by atoms with Crippen molar-refractivity contribution in [2.45, 2.75) is 68.3 Å². The number of hydrogen-bond acceptors (Lipinski definition) is 5. The molecule has 2 fully saturated rings. The molecule has 2 aromatic rings. The third-order valence-corrected chi connectivity index (χ3v) is 7.52. The summed E-state index contributed by atoms with van der Waals surface area (Å²) in [5.41, 5.74) is 1.12. The molecule has 1 aliphatic heterocycles. The Bertz CT molecular complexity index is 1160. The Labute approximate surface area is 199 Å². The van der Waals surface area contributed by atoms with Gasteiger partial charge >= 0.3 is 0 Å². The van der Waals surface area contributed by atoms with Crippen LogP contribution >= 0.6 is 0 Å². The van der Waals surface area contributed by atoms with E-state index in [-0.39, 0.29) is 35.4 Å². The average molecular weight is 484 g/mol. The highest BCUT2D eigenvalue weighted by Crippen LogP contribution is 2.31. The van der Waals surface area contributed by atoms with Crippen molar-refractivity contribution in [1.29, 1.82) is 0 Å². The number of nitrogens with zero attached hydrogens (tertiary/aromatic N) is 2. The van der Waals surface area contributed by atoms with Gasteiger partial charge in [-0.3, -0.25) is 14.4 Å². The van der Waals surface area contributed by atoms with Crippen molar-refractivity contribution in [3.05, 3.63) is 60.2 Å². The van der Waals surface area contributed by atoms with E-state index in [9.17, 15) is 22.8 Å². The van der Waals surface area contributed by atoms with Crippen molar-refractivity contribution < 1.29 is 22.8 Å². The Balaban J connectivity index is 1.62. The van der Waals surface area contributed by atoms with Gasteiger partial charge in [-0.15, -0.1) is 0 Å². The van der Waals surface area contributed by atoms with Crippen LogP contribution in [0, 0.1) is 0 Å². The highest BCUT2D eigenvalue weighted by atomic mass is 32.2. The Kier molecular flexibility index (Phi) is 7.13. The van der Waals surface area contributed by atoms with E-state index in [4.69, 9.17) is 5.14 Å². The lowest BCUT2D eigenvalue weighted by Gasteiger charge is -2.35. The van der Waals surface area contributed by atoms with Crippen molar-refractivity contribution >= 4 is 33.4 Å². The van der Waals surface area contributed by atoms with Crippen LogP contribution in [0.4, 0.5) is 5.69 Å². The molecule has 1 saturated carbocycles. The molecule has 1 heterocycles. The van der Waals surface area contributed by atoms with Gasteiger partial charge in [-0.1, -0.05) is 56.0 Å². The number of carbonyl (C=O) groups is 3. The fraction of sp³-hybridized carbons (Fsp3) is 0.400. The molecule has 2 aromatic carbocycles. The topological polar surface area (TPSA) is 118 Å². The molecule has 2 N–H and O–H groups in total. The Morgan fingerprint density at radius 1 is 0.941 bits per heavy atom. The number of imide groups is 1. The number of nitrogens with two attached hydrogens (primary N) is 1. The van der Waals surface area contributed by atoms with E-state index in [1.165, 1.54) is 24.3 Å². The van der Waals surface area contributed by atoms with Gasteiger partial charge in [0.15, 0.2) is 0 Å². The van der Waals surface area contributed by atoms with Crippen LogP contribution in [-0.4, -0.2) is 43.1 Å². The summed E-state index contributed by atoms with van der Waals surface area (Å²) in [6, 6.07) is 13.7. The van der Waals surface area contributed by atoms with Gasteiger partial charge < -0.3 is 4.90 Å². The first-order valence-electron chi connectivity index (χ1n) is 11.6. The summed E-state index contributed by atoms with van der Waals surface area (Å²) in [7, 11) is -3.89. The minimum Gasteiger partial charge on any atom is -0.327 e. The van der Waals surface area contributed by atoms with Crippen molar-refractivity contribution in [2.75, 3.05) is 4.90 Å². The molecule has 0 spiro atoms. The van der Waals surface area contributed by atoms with Crippen molar-refractivity contribution in [2.24, 2.45) is 5.14 Å². The summed E-state index contributed by atoms with van der Waals surface area (Å²) in [5.74, 6) is -1.03. The lowest BCUT2D eigenvalue weighted by molar-refractivity contribution is -0.140. The van der Waals surface area contributed by atoms with E-state index < -0.39 is 27.9 Å². The predicted molar refractivity (Wildman–Crippen MR) is 127 cm³/mol. The molecule has 1 aliphatic carbocycles. The van der Waals surface area contributed by atoms with E-state index in [2.05, 4.69) is 0 Å². The van der Waals surface area contributed by atoms with Crippen LogP contribution in [0.3, 0.4) is 0 Å². The third kappa shape index (κ3) is 5.20. The Hall–Kier alpha value is -3.04. The quantitative estimate of drug-likeness (QED) is 0.501. The number of primary sulfonamides is 1. The zero-order valence-electron chi connectivity index (χ0n) is 18.9. The molecule has 3 amide bonds. The number of anilines is 1. The molecule has 1 saturated heterocycles. The molecule has 9 heteroatoms. The van der Waals surface area contributed by atoms with Crippen LogP contribution in [0.1, 0.15) is 50.5 Å². The summed E-state index contributed by atoms with van der Waals surface area (Å²) in [4.78, 5) is 42.6. The minimum atomic E-state index is -3.89. The van der Waals surface area contributed by atoms with Crippen LogP contribution in [0.25, 0.3) is 0 Å². The second kappa shape index (κ2) is 10.1. The number of sulfonamides is 1. The van der Waals surface area contributed by atoms with Crippen LogP contribution in [0.15, 0.2) is 59.5 Å². The maximum absolute atomic E-state index is 13.5. The molecule has 4 rings (SSSR count). The summed E-state index contributed by atoms with van der Waals surface area (Å²) in [6.07, 6.45) is 5.84. The first-order chi connectivity index (χ1) is 16.3. The number of hydrogen-bond donors (Lipinski definition) is 1. The third-order valence-electron chi connectivity index (χ3n) is 6.59. The standard InChI is InChI=1S/C25H29N3O5S/c26-34(32,33)21-14-12-20(13-15-21)28-24(30)17-22(25(28)31)27(19-10-6-1-2-7-11-19)23(29)16-18-8-4-3-5-9-18/h3-5,8-9,12-15,19,22H,1-2,6-7,10-11,16-17H2,(H2,26,32,33). The molecular weight excluding hydrogens is 454 g/mol. The average Bonchev–Trinajstić information content (AvgIpc) is 2.96. The van der Waals surface area contributed by atoms with Gasteiger partial charge in [0, 0.05) is 6.04 Å². The Morgan fingerprint density at radius 2 is 1.56 bits per heavy atom. The van der Waals surface area contributed by atoms with Crippen LogP contribution in [0.5, 0.6) is 0 Å². The smallest absolute Gasteiger partial charge is 0.257 e. The van der Waals surface area contributed by atoms with E-state index in [0.29, 0.717) is 0 Å². The van der Waals surface area contributed by atoms with E-state index in [1.807, 2.05) is 30.3 Å². The van der Waals surface area contributed by atoms with Crippen molar-refractivity contribution in [3.8, 4) is 0 Å². The molecule has 34 heavy (non-hydrogen) atoms. The zero-order valence-corrected chi connectivity index (χ0v) is 19.7. The summed E-state index contributed by atoms with van der Waals surface area (Å²) in [6.45, 7) is 0. The van der Waals surface area contributed by atoms with Gasteiger partial charge in [0.25, 0.3) is 5.91 Å². The second-order valence-corrected chi connectivity index (χ2v) is 10.5. The largest absolute Gasteiger partial charge is 0.327 e. The van der Waals surface area contributed by atoms with E-state index in [1.54, 1.807) is 4.90 Å². The maximum Gasteiger partial charge on any atom is 0.257 e. The van der Waals surface area contributed by atoms with Crippen molar-refractivity contribution in [1.82, 2.24) is 4.90 Å². The van der Waals surface area contributed by atoms with Gasteiger partial charge in [0.1, 0.15) is 6.04 Å². The molecular formula is C25H29N3O5S. The minimum absolute atomic E-state index is 0.0905. The molecule has 0 radical (unpaired) electrons. The predicted octanol–water partition coefficient (Wildman–Crippen LogP) is 2.76. The molecule has 8 nitrogen and oxygen atoms in total. The lowest BCUT2D eigenvalue weighted by Crippen LogP contribution is -2.51. The number of rotatable bonds is 6. The highest BCUT2D eigenvalue weighted by molar-refractivity contribution is 7.89. The van der Waals surface area contributed by atoms with Crippen LogP contribution < -0.4 is 10.0 Å². The first kappa shape index (κ1) is 24.1. The lowest BCUT2D eigenvalue weighted by atomic mass is 10.0. The zero-order chi connectivity index (χ0) is 24.3.